The summed E-state index contributed by atoms with van der Waals surface area (Å²) < 4.78 is 31.8. The molecule has 7 rings (SSSR count). The first-order valence-electron chi connectivity index (χ1n) is 21.4. The summed E-state index contributed by atoms with van der Waals surface area (Å²) in [7, 11) is -1.65. The number of hydrogen-bond donors (Lipinski definition) is 5. The average molecular weight is 853 g/mol. The molecule has 1 aromatic carbocycles. The zero-order valence-corrected chi connectivity index (χ0v) is 36.5. The van der Waals surface area contributed by atoms with Gasteiger partial charge in [-0.3, -0.25) is 10.1 Å². The topological polar surface area (TPSA) is 171 Å². The second-order valence-corrected chi connectivity index (χ2v) is 19.0. The summed E-state index contributed by atoms with van der Waals surface area (Å²) >= 11 is 12.5. The van der Waals surface area contributed by atoms with Gasteiger partial charge in [-0.15, -0.1) is 0 Å². The summed E-state index contributed by atoms with van der Waals surface area (Å²) in [6.45, 7) is 10.7. The van der Waals surface area contributed by atoms with Gasteiger partial charge in [0.15, 0.2) is 5.96 Å². The Hall–Kier alpha value is -2.44. The van der Waals surface area contributed by atoms with Crippen LogP contribution < -0.4 is 16.2 Å². The molecule has 0 unspecified atom stereocenters. The molecule has 2 aliphatic heterocycles. The maximum atomic E-state index is 12.8. The van der Waals surface area contributed by atoms with Crippen molar-refractivity contribution in [1.29, 1.82) is 5.41 Å². The van der Waals surface area contributed by atoms with Gasteiger partial charge in [0.2, 0.25) is 6.54 Å². The number of nitrogens with zero attached hydrogens (tertiary/aromatic N) is 5. The average Bonchev–Trinajstić information content (AvgIpc) is 4.06. The van der Waals surface area contributed by atoms with Gasteiger partial charge in [0.25, 0.3) is 10.2 Å². The molecule has 5 aliphatic rings. The molecular formula is C42H71Cl2N9O3S. The van der Waals surface area contributed by atoms with E-state index < -0.39 is 10.2 Å². The number of aromatic nitrogens is 2. The first kappa shape index (κ1) is 47.2. The highest BCUT2D eigenvalue weighted by atomic mass is 35.5. The van der Waals surface area contributed by atoms with Gasteiger partial charge in [-0.1, -0.05) is 86.7 Å². The van der Waals surface area contributed by atoms with E-state index in [1.165, 1.54) is 87.8 Å². The normalized spacial score (nSPS) is 21.0. The molecule has 3 aliphatic carbocycles. The van der Waals surface area contributed by atoms with Gasteiger partial charge in [0, 0.05) is 70.4 Å². The Bertz CT molecular complexity index is 1650. The molecule has 322 valence electrons. The summed E-state index contributed by atoms with van der Waals surface area (Å²) in [5, 5.41) is 21.8. The minimum Gasteiger partial charge on any atom is -0.396 e. The molecule has 1 aromatic heterocycles. The fourth-order valence-corrected chi connectivity index (χ4v) is 10.7. The molecule has 0 bridgehead atoms. The largest absolute Gasteiger partial charge is 0.396 e. The van der Waals surface area contributed by atoms with Crippen LogP contribution in [0.25, 0.3) is 16.1 Å². The quantitative estimate of drug-likeness (QED) is 0.0862. The summed E-state index contributed by atoms with van der Waals surface area (Å²) in [5.41, 5.74) is 13.6. The molecule has 0 radical (unpaired) electrons. The Labute approximate surface area is 354 Å². The van der Waals surface area contributed by atoms with Crippen molar-refractivity contribution >= 4 is 39.4 Å². The van der Waals surface area contributed by atoms with Crippen LogP contribution in [0.3, 0.4) is 0 Å². The van der Waals surface area contributed by atoms with Gasteiger partial charge in [-0.25, -0.2) is 11.3 Å². The van der Waals surface area contributed by atoms with Gasteiger partial charge in [0.05, 0.1) is 15.7 Å². The van der Waals surface area contributed by atoms with E-state index in [9.17, 15) is 8.42 Å². The third kappa shape index (κ3) is 15.0. The highest BCUT2D eigenvalue weighted by Gasteiger charge is 2.31. The Morgan fingerprint density at radius 1 is 0.947 bits per heavy atom. The van der Waals surface area contributed by atoms with Gasteiger partial charge >= 0.3 is 0 Å². The van der Waals surface area contributed by atoms with Crippen LogP contribution in [0.1, 0.15) is 129 Å². The van der Waals surface area contributed by atoms with Gasteiger partial charge < -0.3 is 26.3 Å². The van der Waals surface area contributed by atoms with Crippen LogP contribution in [-0.4, -0.2) is 90.4 Å². The number of benzene rings is 1. The number of hydrogen-bond acceptors (Lipinski definition) is 6. The molecule has 3 saturated carbocycles. The number of aliphatic hydroxyl groups is 1. The fourth-order valence-electron chi connectivity index (χ4n) is 9.04. The van der Waals surface area contributed by atoms with E-state index in [1.807, 2.05) is 34.8 Å². The predicted octanol–water partition coefficient (Wildman–Crippen LogP) is 8.19. The van der Waals surface area contributed by atoms with E-state index in [1.54, 1.807) is 6.07 Å². The molecule has 2 aromatic rings. The number of nitrogens with one attached hydrogen (secondary N) is 2. The lowest BCUT2D eigenvalue weighted by molar-refractivity contribution is 0.230. The number of nitrogens with two attached hydrogens (primary N) is 2. The monoisotopic (exact) mass is 851 g/mol. The van der Waals surface area contributed by atoms with Crippen molar-refractivity contribution in [3.8, 4) is 11.3 Å². The van der Waals surface area contributed by atoms with Crippen molar-refractivity contribution in [2.24, 2.45) is 36.3 Å². The summed E-state index contributed by atoms with van der Waals surface area (Å²) in [4.78, 5) is 5.21. The zero-order chi connectivity index (χ0) is 41.2. The molecule has 12 nitrogen and oxygen atoms in total. The lowest BCUT2D eigenvalue weighted by atomic mass is 9.94. The summed E-state index contributed by atoms with van der Waals surface area (Å²) in [5.74, 6) is 2.66. The van der Waals surface area contributed by atoms with E-state index in [-0.39, 0.29) is 19.3 Å². The van der Waals surface area contributed by atoms with Crippen molar-refractivity contribution < 1.29 is 15.0 Å². The summed E-state index contributed by atoms with van der Waals surface area (Å²) in [6, 6.07) is 7.63. The number of aryl methyl sites for hydroxylation is 1. The lowest BCUT2D eigenvalue weighted by Gasteiger charge is -2.31. The number of guanidine groups is 1. The fraction of sp³-hybridized carbons (Fsp3) is 0.738. The minimum atomic E-state index is -3.55. The number of rotatable bonds is 11. The van der Waals surface area contributed by atoms with Gasteiger partial charge in [-0.2, -0.15) is 17.8 Å². The second kappa shape index (κ2) is 24.6. The van der Waals surface area contributed by atoms with Crippen LogP contribution in [0.5, 0.6) is 0 Å². The van der Waals surface area contributed by atoms with Crippen LogP contribution in [0.2, 0.25) is 10.0 Å². The van der Waals surface area contributed by atoms with Crippen LogP contribution in [0.4, 0.5) is 0 Å². The Kier molecular flexibility index (Phi) is 20.4. The molecule has 5 fully saturated rings. The molecule has 57 heavy (non-hydrogen) atoms. The Balaban J connectivity index is 0.000000300. The number of aliphatic hydroxyl groups excluding tert-OH is 1. The first-order valence-corrected chi connectivity index (χ1v) is 23.6. The lowest BCUT2D eigenvalue weighted by Crippen LogP contribution is -2.46. The second-order valence-electron chi connectivity index (χ2n) is 16.5. The number of piperidine rings is 1. The number of likely N-dealkylation sites (tertiary alicyclic amines) is 1. The third-order valence-electron chi connectivity index (χ3n) is 12.4. The molecular weight excluding hydrogens is 781 g/mol. The molecule has 2 saturated heterocycles. The number of halogens is 2. The zero-order valence-electron chi connectivity index (χ0n) is 34.2. The van der Waals surface area contributed by atoms with Gasteiger partial charge in [-0.05, 0) is 94.7 Å². The molecule has 0 spiro atoms. The smallest absolute Gasteiger partial charge is 0.279 e. The van der Waals surface area contributed by atoms with Crippen molar-refractivity contribution in [2.75, 3.05) is 45.9 Å². The van der Waals surface area contributed by atoms with E-state index in [2.05, 4.69) is 14.7 Å². The third-order valence-corrected chi connectivity index (χ3v) is 14.8. The maximum Gasteiger partial charge on any atom is 0.279 e. The Morgan fingerprint density at radius 2 is 1.56 bits per heavy atom. The van der Waals surface area contributed by atoms with Crippen LogP contribution in [-0.2, 0) is 17.3 Å². The predicted molar refractivity (Wildman–Crippen MR) is 236 cm³/mol. The van der Waals surface area contributed by atoms with Crippen molar-refractivity contribution in [1.82, 2.24) is 23.7 Å². The van der Waals surface area contributed by atoms with Gasteiger partial charge in [0.1, 0.15) is 0 Å². The minimum absolute atomic E-state index is 0. The van der Waals surface area contributed by atoms with Crippen molar-refractivity contribution in [3.63, 3.8) is 0 Å². The van der Waals surface area contributed by atoms with E-state index in [0.29, 0.717) is 61.5 Å². The highest BCUT2D eigenvalue weighted by Crippen LogP contribution is 2.36. The van der Waals surface area contributed by atoms with E-state index >= 15 is 0 Å². The SMILES string of the molecule is Cn1nc(-c2cccc(Cl)c2Cl)cc1C1CCN(S(=O)(=O)NCC[C@H]2CCCN2C(=N)N)CC1.NCCC1CCCC1.OCC1CCCC1.[C-]#[N+]CC1CCCC1.[HH]. The molecule has 15 heteroatoms. The van der Waals surface area contributed by atoms with Crippen molar-refractivity contribution in [2.45, 2.75) is 128 Å². The van der Waals surface area contributed by atoms with E-state index in [4.69, 9.17) is 51.8 Å². The van der Waals surface area contributed by atoms with Crippen LogP contribution >= 0.6 is 23.2 Å². The molecule has 7 N–H and O–H groups in total. The molecule has 0 amide bonds. The standard InChI is InChI=1S/C22H31Cl2N7O2S.C7H11N.C7H15N.C6H12O.H2/c1-29-20(14-19(28-29)17-5-2-6-18(23)21(17)24)15-8-12-30(13-9-15)34(32,33)27-10-7-16-4-3-11-31(16)22(25)26;1-8-6-7-4-2-3-5-7;8-6-5-7-3-1-2-4-7;7-5-6-3-1-2-4-6;/h2,5-6,14-16,27H,3-4,7-13H2,1H3,(H3,25,26);7H,2-6H2;7H,1-6,8H2;6-7H,1-5H2;1H/t16-;;;;/m1..../s1. The Morgan fingerprint density at radius 3 is 2.12 bits per heavy atom. The van der Waals surface area contributed by atoms with E-state index in [0.717, 1.165) is 61.3 Å². The van der Waals surface area contributed by atoms with Crippen LogP contribution in [0.15, 0.2) is 24.3 Å². The molecule has 3 heterocycles. The highest BCUT2D eigenvalue weighted by molar-refractivity contribution is 7.87. The maximum absolute atomic E-state index is 12.8. The van der Waals surface area contributed by atoms with Crippen LogP contribution in [0, 0.1) is 29.7 Å². The molecule has 1 atom stereocenters. The van der Waals surface area contributed by atoms with Crippen molar-refractivity contribution in [3.05, 3.63) is 51.4 Å². The summed E-state index contributed by atoms with van der Waals surface area (Å²) in [6.07, 6.45) is 21.6. The first-order chi connectivity index (χ1) is 27.5.